The summed E-state index contributed by atoms with van der Waals surface area (Å²) in [7, 11) is 0. The Morgan fingerprint density at radius 3 is 2.73 bits per heavy atom. The van der Waals surface area contributed by atoms with Crippen LogP contribution in [0.5, 0.6) is 0 Å². The predicted molar refractivity (Wildman–Crippen MR) is 59.2 cm³/mol. The maximum Gasteiger partial charge on any atom is 0.356 e. The van der Waals surface area contributed by atoms with E-state index in [4.69, 9.17) is 5.11 Å². The SMILES string of the molecule is CCC(C)CSc1cnc(C(=O)O)cn1. The fourth-order valence-corrected chi connectivity index (χ4v) is 1.79. The molecule has 0 aromatic carbocycles. The molecule has 82 valence electrons. The van der Waals surface area contributed by atoms with E-state index in [0.717, 1.165) is 17.2 Å². The summed E-state index contributed by atoms with van der Waals surface area (Å²) >= 11 is 1.61. The Balaban J connectivity index is 2.53. The van der Waals surface area contributed by atoms with E-state index in [9.17, 15) is 4.79 Å². The van der Waals surface area contributed by atoms with Gasteiger partial charge in [-0.05, 0) is 5.92 Å². The van der Waals surface area contributed by atoms with Crippen molar-refractivity contribution in [2.45, 2.75) is 25.3 Å². The summed E-state index contributed by atoms with van der Waals surface area (Å²) in [6.45, 7) is 4.32. The lowest BCUT2D eigenvalue weighted by molar-refractivity contribution is 0.0689. The monoisotopic (exact) mass is 226 g/mol. The largest absolute Gasteiger partial charge is 0.476 e. The van der Waals surface area contributed by atoms with Crippen molar-refractivity contribution < 1.29 is 9.90 Å². The molecule has 1 N–H and O–H groups in total. The Hall–Kier alpha value is -1.10. The molecule has 15 heavy (non-hydrogen) atoms. The summed E-state index contributed by atoms with van der Waals surface area (Å²) in [6, 6.07) is 0. The first-order valence-electron chi connectivity index (χ1n) is 4.81. The smallest absolute Gasteiger partial charge is 0.356 e. The molecule has 0 radical (unpaired) electrons. The molecule has 1 aromatic heterocycles. The number of carboxylic acid groups (broad SMARTS) is 1. The van der Waals surface area contributed by atoms with Gasteiger partial charge in [-0.15, -0.1) is 11.8 Å². The van der Waals surface area contributed by atoms with Gasteiger partial charge in [0.1, 0.15) is 5.03 Å². The van der Waals surface area contributed by atoms with E-state index in [1.807, 2.05) is 0 Å². The van der Waals surface area contributed by atoms with Crippen LogP contribution in [-0.4, -0.2) is 26.8 Å². The maximum atomic E-state index is 10.5. The van der Waals surface area contributed by atoms with Crippen molar-refractivity contribution in [3.05, 3.63) is 18.1 Å². The van der Waals surface area contributed by atoms with E-state index < -0.39 is 5.97 Å². The molecule has 0 bridgehead atoms. The number of hydrogen-bond acceptors (Lipinski definition) is 4. The zero-order chi connectivity index (χ0) is 11.3. The zero-order valence-corrected chi connectivity index (χ0v) is 9.62. The summed E-state index contributed by atoms with van der Waals surface area (Å²) in [5, 5.41) is 9.40. The molecular formula is C10H14N2O2S. The van der Waals surface area contributed by atoms with Gasteiger partial charge >= 0.3 is 5.97 Å². The van der Waals surface area contributed by atoms with Crippen LogP contribution in [0.3, 0.4) is 0 Å². The van der Waals surface area contributed by atoms with Crippen LogP contribution in [0.1, 0.15) is 30.8 Å². The van der Waals surface area contributed by atoms with Gasteiger partial charge in [-0.1, -0.05) is 20.3 Å². The van der Waals surface area contributed by atoms with Crippen LogP contribution in [0.2, 0.25) is 0 Å². The first kappa shape index (κ1) is 12.0. The zero-order valence-electron chi connectivity index (χ0n) is 8.80. The van der Waals surface area contributed by atoms with Gasteiger partial charge in [0.2, 0.25) is 0 Å². The van der Waals surface area contributed by atoms with Crippen molar-refractivity contribution in [1.29, 1.82) is 0 Å². The molecule has 0 spiro atoms. The Labute approximate surface area is 93.1 Å². The Bertz CT molecular complexity index is 327. The summed E-state index contributed by atoms with van der Waals surface area (Å²) < 4.78 is 0. The quantitative estimate of drug-likeness (QED) is 0.780. The molecule has 0 fully saturated rings. The summed E-state index contributed by atoms with van der Waals surface area (Å²) in [5.74, 6) is 0.578. The van der Waals surface area contributed by atoms with Crippen LogP contribution in [0.4, 0.5) is 0 Å². The molecule has 0 aliphatic carbocycles. The van der Waals surface area contributed by atoms with Crippen molar-refractivity contribution in [1.82, 2.24) is 9.97 Å². The van der Waals surface area contributed by atoms with Crippen LogP contribution in [-0.2, 0) is 0 Å². The lowest BCUT2D eigenvalue weighted by atomic mass is 10.2. The highest BCUT2D eigenvalue weighted by atomic mass is 32.2. The van der Waals surface area contributed by atoms with E-state index in [-0.39, 0.29) is 5.69 Å². The number of thioether (sulfide) groups is 1. The van der Waals surface area contributed by atoms with Crippen molar-refractivity contribution in [3.63, 3.8) is 0 Å². The average Bonchev–Trinajstić information content (AvgIpc) is 2.26. The third-order valence-electron chi connectivity index (χ3n) is 2.06. The maximum absolute atomic E-state index is 10.5. The van der Waals surface area contributed by atoms with Crippen molar-refractivity contribution in [2.75, 3.05) is 5.75 Å². The van der Waals surface area contributed by atoms with E-state index in [0.29, 0.717) is 5.92 Å². The summed E-state index contributed by atoms with van der Waals surface area (Å²) in [5.41, 5.74) is -0.0112. The Morgan fingerprint density at radius 1 is 1.53 bits per heavy atom. The van der Waals surface area contributed by atoms with Crippen molar-refractivity contribution in [2.24, 2.45) is 5.92 Å². The number of hydrogen-bond donors (Lipinski definition) is 1. The average molecular weight is 226 g/mol. The van der Waals surface area contributed by atoms with Crippen LogP contribution < -0.4 is 0 Å². The Morgan fingerprint density at radius 2 is 2.27 bits per heavy atom. The van der Waals surface area contributed by atoms with Gasteiger partial charge in [-0.3, -0.25) is 0 Å². The van der Waals surface area contributed by atoms with Gasteiger partial charge in [0.05, 0.1) is 12.4 Å². The number of carboxylic acids is 1. The topological polar surface area (TPSA) is 63.1 Å². The van der Waals surface area contributed by atoms with Crippen LogP contribution in [0.15, 0.2) is 17.4 Å². The predicted octanol–water partition coefficient (Wildman–Crippen LogP) is 2.31. The molecule has 1 aromatic rings. The molecule has 1 atom stereocenters. The Kier molecular flexibility index (Phi) is 4.55. The summed E-state index contributed by atoms with van der Waals surface area (Å²) in [4.78, 5) is 18.3. The molecule has 1 heterocycles. The first-order chi connectivity index (χ1) is 7.13. The van der Waals surface area contributed by atoms with E-state index in [1.165, 1.54) is 12.4 Å². The molecule has 1 unspecified atom stereocenters. The lowest BCUT2D eigenvalue weighted by Gasteiger charge is -2.06. The standard InChI is InChI=1S/C10H14N2O2S/c1-3-7(2)6-15-9-5-11-8(4-12-9)10(13)14/h4-5,7H,3,6H2,1-2H3,(H,13,14). The molecule has 0 aliphatic rings. The number of aromatic nitrogens is 2. The van der Waals surface area contributed by atoms with E-state index in [1.54, 1.807) is 11.8 Å². The molecule has 5 heteroatoms. The second-order valence-electron chi connectivity index (χ2n) is 3.37. The fraction of sp³-hybridized carbons (Fsp3) is 0.500. The molecule has 1 rings (SSSR count). The van der Waals surface area contributed by atoms with Gasteiger partial charge in [0.15, 0.2) is 5.69 Å². The third kappa shape index (κ3) is 3.87. The molecule has 4 nitrogen and oxygen atoms in total. The molecule has 0 saturated carbocycles. The van der Waals surface area contributed by atoms with Gasteiger partial charge < -0.3 is 5.11 Å². The third-order valence-corrected chi connectivity index (χ3v) is 3.30. The molecule has 0 aliphatic heterocycles. The minimum Gasteiger partial charge on any atom is -0.476 e. The highest BCUT2D eigenvalue weighted by molar-refractivity contribution is 7.99. The number of nitrogens with zero attached hydrogens (tertiary/aromatic N) is 2. The second kappa shape index (κ2) is 5.70. The second-order valence-corrected chi connectivity index (χ2v) is 4.41. The molecule has 0 saturated heterocycles. The van der Waals surface area contributed by atoms with Crippen LogP contribution in [0.25, 0.3) is 0 Å². The van der Waals surface area contributed by atoms with Gasteiger partial charge in [-0.2, -0.15) is 0 Å². The normalized spacial score (nSPS) is 12.4. The highest BCUT2D eigenvalue weighted by Gasteiger charge is 2.06. The van der Waals surface area contributed by atoms with Crippen molar-refractivity contribution >= 4 is 17.7 Å². The molecule has 0 amide bonds. The van der Waals surface area contributed by atoms with E-state index >= 15 is 0 Å². The van der Waals surface area contributed by atoms with Gasteiger partial charge in [-0.25, -0.2) is 14.8 Å². The molecular weight excluding hydrogens is 212 g/mol. The van der Waals surface area contributed by atoms with Crippen molar-refractivity contribution in [3.8, 4) is 0 Å². The lowest BCUT2D eigenvalue weighted by Crippen LogP contribution is -2.01. The van der Waals surface area contributed by atoms with Crippen LogP contribution in [0, 0.1) is 5.92 Å². The van der Waals surface area contributed by atoms with Crippen LogP contribution >= 0.6 is 11.8 Å². The summed E-state index contributed by atoms with van der Waals surface area (Å²) in [6.07, 6.45) is 3.94. The van der Waals surface area contributed by atoms with Gasteiger partial charge in [0, 0.05) is 5.75 Å². The minimum atomic E-state index is -1.04. The minimum absolute atomic E-state index is 0.0112. The number of rotatable bonds is 5. The fourth-order valence-electron chi connectivity index (χ4n) is 0.847. The van der Waals surface area contributed by atoms with E-state index in [2.05, 4.69) is 23.8 Å². The number of aromatic carboxylic acids is 1. The first-order valence-corrected chi connectivity index (χ1v) is 5.80. The number of carbonyl (C=O) groups is 1. The van der Waals surface area contributed by atoms with Gasteiger partial charge in [0.25, 0.3) is 0 Å². The highest BCUT2D eigenvalue weighted by Crippen LogP contribution is 2.18.